The van der Waals surface area contributed by atoms with E-state index in [0.717, 1.165) is 70.8 Å². The molecule has 0 saturated carbocycles. The lowest BCUT2D eigenvalue weighted by Gasteiger charge is -2.33. The summed E-state index contributed by atoms with van der Waals surface area (Å²) >= 11 is -0.0994. The zero-order chi connectivity index (χ0) is 29.2. The molecular formula is C32H43F3N4OS. The van der Waals surface area contributed by atoms with Crippen LogP contribution in [0, 0.1) is 11.8 Å². The second-order valence-electron chi connectivity index (χ2n) is 13.0. The zero-order valence-electron chi connectivity index (χ0n) is 24.4. The number of nitrogens with zero attached hydrogens (tertiary/aromatic N) is 3. The first kappa shape index (κ1) is 30.1. The van der Waals surface area contributed by atoms with Crippen LogP contribution in [0.4, 0.5) is 24.5 Å². The molecule has 3 aliphatic heterocycles. The van der Waals surface area contributed by atoms with E-state index in [1.165, 1.54) is 23.4 Å². The standard InChI is InChI=1S/C32H43F3N4OS/c1-31(2,3)25-6-10-28(11-7-25)39-21-23-19-37(20-24(23)22-39)16-4-5-30(40)38-17-14-27(15-18-38)36-26-8-12-29(13-9-26)41-32(33,34)35/h6-13,23-24,27,36H,4-5,14-22H2,1-3H3. The number of nitrogens with one attached hydrogen (secondary N) is 1. The monoisotopic (exact) mass is 588 g/mol. The third-order valence-corrected chi connectivity index (χ3v) is 9.57. The molecular weight excluding hydrogens is 545 g/mol. The second-order valence-corrected chi connectivity index (χ2v) is 14.1. The highest BCUT2D eigenvalue weighted by Gasteiger charge is 2.40. The number of carbonyl (C=O) groups is 1. The van der Waals surface area contributed by atoms with Gasteiger partial charge in [0.15, 0.2) is 0 Å². The maximum absolute atomic E-state index is 12.9. The average Bonchev–Trinajstić information content (AvgIpc) is 3.48. The van der Waals surface area contributed by atoms with Crippen LogP contribution >= 0.6 is 11.8 Å². The molecule has 1 N–H and O–H groups in total. The second kappa shape index (κ2) is 12.5. The summed E-state index contributed by atoms with van der Waals surface area (Å²) in [5, 5.41) is 3.41. The molecule has 41 heavy (non-hydrogen) atoms. The van der Waals surface area contributed by atoms with E-state index >= 15 is 0 Å². The van der Waals surface area contributed by atoms with Crippen molar-refractivity contribution in [3.63, 3.8) is 0 Å². The fourth-order valence-corrected chi connectivity index (χ4v) is 7.07. The van der Waals surface area contributed by atoms with Gasteiger partial charge in [-0.3, -0.25) is 4.79 Å². The molecule has 3 fully saturated rings. The van der Waals surface area contributed by atoms with Gasteiger partial charge >= 0.3 is 5.51 Å². The van der Waals surface area contributed by atoms with Crippen molar-refractivity contribution < 1.29 is 18.0 Å². The summed E-state index contributed by atoms with van der Waals surface area (Å²) in [6, 6.07) is 15.7. The minimum absolute atomic E-state index is 0.0994. The van der Waals surface area contributed by atoms with E-state index in [-0.39, 0.29) is 34.0 Å². The van der Waals surface area contributed by atoms with Crippen molar-refractivity contribution in [1.82, 2.24) is 9.80 Å². The molecule has 1 amide bonds. The largest absolute Gasteiger partial charge is 0.446 e. The SMILES string of the molecule is CC(C)(C)c1ccc(N2CC3CN(CCCC(=O)N4CCC(Nc5ccc(SC(F)(F)F)cc5)CC4)CC3C2)cc1. The zero-order valence-corrected chi connectivity index (χ0v) is 25.2. The summed E-state index contributed by atoms with van der Waals surface area (Å²) < 4.78 is 37.6. The number of hydrogen-bond acceptors (Lipinski definition) is 5. The van der Waals surface area contributed by atoms with E-state index in [4.69, 9.17) is 0 Å². The van der Waals surface area contributed by atoms with Crippen LogP contribution < -0.4 is 10.2 Å². The Labute approximate surface area is 246 Å². The van der Waals surface area contributed by atoms with Gasteiger partial charge in [-0.05, 0) is 96.8 Å². The Balaban J connectivity index is 0.975. The average molecular weight is 589 g/mol. The third-order valence-electron chi connectivity index (χ3n) is 8.83. The molecule has 0 aliphatic carbocycles. The number of likely N-dealkylation sites (tertiary alicyclic amines) is 2. The van der Waals surface area contributed by atoms with Crippen LogP contribution in [0.2, 0.25) is 0 Å². The van der Waals surface area contributed by atoms with E-state index in [2.05, 4.69) is 60.2 Å². The van der Waals surface area contributed by atoms with Crippen molar-refractivity contribution in [3.8, 4) is 0 Å². The van der Waals surface area contributed by atoms with Crippen molar-refractivity contribution >= 4 is 29.0 Å². The Kier molecular flexibility index (Phi) is 9.14. The van der Waals surface area contributed by atoms with Crippen LogP contribution in [0.1, 0.15) is 52.0 Å². The Bertz CT molecular complexity index is 1140. The number of thioether (sulfide) groups is 1. The minimum Gasteiger partial charge on any atom is -0.382 e. The van der Waals surface area contributed by atoms with Gasteiger partial charge in [-0.2, -0.15) is 13.2 Å². The van der Waals surface area contributed by atoms with Crippen LogP contribution in [0.3, 0.4) is 0 Å². The number of amides is 1. The van der Waals surface area contributed by atoms with Crippen molar-refractivity contribution in [2.75, 3.05) is 56.0 Å². The number of anilines is 2. The highest BCUT2D eigenvalue weighted by atomic mass is 32.2. The first-order chi connectivity index (χ1) is 19.4. The maximum Gasteiger partial charge on any atom is 0.446 e. The number of halogens is 3. The molecule has 2 unspecified atom stereocenters. The summed E-state index contributed by atoms with van der Waals surface area (Å²) in [4.78, 5) is 20.1. The molecule has 3 aliphatic rings. The molecule has 2 atom stereocenters. The highest BCUT2D eigenvalue weighted by molar-refractivity contribution is 8.00. The van der Waals surface area contributed by atoms with Gasteiger partial charge in [-0.15, -0.1) is 0 Å². The molecule has 3 saturated heterocycles. The predicted octanol–water partition coefficient (Wildman–Crippen LogP) is 6.85. The van der Waals surface area contributed by atoms with E-state index < -0.39 is 5.51 Å². The van der Waals surface area contributed by atoms with Gasteiger partial charge < -0.3 is 20.0 Å². The molecule has 2 aromatic carbocycles. The number of alkyl halides is 3. The first-order valence-electron chi connectivity index (χ1n) is 14.9. The number of piperidine rings is 1. The van der Waals surface area contributed by atoms with E-state index in [9.17, 15) is 18.0 Å². The van der Waals surface area contributed by atoms with Crippen molar-refractivity contribution in [2.24, 2.45) is 11.8 Å². The molecule has 224 valence electrons. The van der Waals surface area contributed by atoms with Gasteiger partial charge in [0, 0.05) is 68.0 Å². The summed E-state index contributed by atoms with van der Waals surface area (Å²) in [5.41, 5.74) is -0.573. The molecule has 2 aromatic rings. The number of hydrogen-bond donors (Lipinski definition) is 1. The molecule has 0 radical (unpaired) electrons. The molecule has 0 aromatic heterocycles. The lowest BCUT2D eigenvalue weighted by Crippen LogP contribution is -2.42. The van der Waals surface area contributed by atoms with E-state index in [0.29, 0.717) is 18.3 Å². The molecule has 0 bridgehead atoms. The Morgan fingerprint density at radius 2 is 1.51 bits per heavy atom. The van der Waals surface area contributed by atoms with E-state index in [1.54, 1.807) is 12.1 Å². The Morgan fingerprint density at radius 1 is 0.902 bits per heavy atom. The van der Waals surface area contributed by atoms with E-state index in [1.807, 2.05) is 4.90 Å². The number of fused-ring (bicyclic) bond motifs is 1. The topological polar surface area (TPSA) is 38.8 Å². The van der Waals surface area contributed by atoms with Crippen molar-refractivity contribution in [3.05, 3.63) is 54.1 Å². The van der Waals surface area contributed by atoms with Crippen LogP contribution in [-0.4, -0.2) is 73.1 Å². The third kappa shape index (κ3) is 8.13. The van der Waals surface area contributed by atoms with Crippen LogP contribution in [0.25, 0.3) is 0 Å². The maximum atomic E-state index is 12.9. The Hall–Kier alpha value is -2.39. The molecule has 5 nitrogen and oxygen atoms in total. The van der Waals surface area contributed by atoms with Gasteiger partial charge in [0.05, 0.1) is 0 Å². The Morgan fingerprint density at radius 3 is 2.07 bits per heavy atom. The van der Waals surface area contributed by atoms with Crippen LogP contribution in [0.5, 0.6) is 0 Å². The number of rotatable bonds is 8. The van der Waals surface area contributed by atoms with Crippen molar-refractivity contribution in [2.45, 2.75) is 68.3 Å². The molecule has 5 rings (SSSR count). The van der Waals surface area contributed by atoms with Crippen molar-refractivity contribution in [1.29, 1.82) is 0 Å². The minimum atomic E-state index is -4.27. The lowest BCUT2D eigenvalue weighted by molar-refractivity contribution is -0.132. The molecule has 0 spiro atoms. The smallest absolute Gasteiger partial charge is 0.382 e. The quantitative estimate of drug-likeness (QED) is 0.342. The first-order valence-corrected chi connectivity index (χ1v) is 15.7. The van der Waals surface area contributed by atoms with Gasteiger partial charge in [0.2, 0.25) is 5.91 Å². The summed E-state index contributed by atoms with van der Waals surface area (Å²) in [5.74, 6) is 1.65. The van der Waals surface area contributed by atoms with Gasteiger partial charge in [0.25, 0.3) is 0 Å². The summed E-state index contributed by atoms with van der Waals surface area (Å²) in [7, 11) is 0. The highest BCUT2D eigenvalue weighted by Crippen LogP contribution is 2.37. The normalized spacial score (nSPS) is 22.3. The van der Waals surface area contributed by atoms with Crippen LogP contribution in [-0.2, 0) is 10.2 Å². The van der Waals surface area contributed by atoms with Crippen LogP contribution in [0.15, 0.2) is 53.4 Å². The lowest BCUT2D eigenvalue weighted by atomic mass is 9.87. The molecule has 9 heteroatoms. The summed E-state index contributed by atoms with van der Waals surface area (Å²) in [6.07, 6.45) is 3.18. The van der Waals surface area contributed by atoms with Gasteiger partial charge in [-0.25, -0.2) is 0 Å². The number of carbonyl (C=O) groups excluding carboxylic acids is 1. The fraction of sp³-hybridized carbons (Fsp3) is 0.594. The van der Waals surface area contributed by atoms with Gasteiger partial charge in [0.1, 0.15) is 0 Å². The molecule has 3 heterocycles. The van der Waals surface area contributed by atoms with Gasteiger partial charge in [-0.1, -0.05) is 32.9 Å². The predicted molar refractivity (Wildman–Crippen MR) is 162 cm³/mol. The number of benzene rings is 2. The fourth-order valence-electron chi connectivity index (χ4n) is 6.53. The summed E-state index contributed by atoms with van der Waals surface area (Å²) in [6.45, 7) is 13.7.